The number of aromatic nitrogens is 1. The van der Waals surface area contributed by atoms with Crippen molar-refractivity contribution in [2.45, 2.75) is 37.5 Å². The van der Waals surface area contributed by atoms with Gasteiger partial charge in [-0.3, -0.25) is 4.98 Å². The lowest BCUT2D eigenvalue weighted by atomic mass is 9.90. The highest BCUT2D eigenvalue weighted by atomic mass is 32.2. The van der Waals surface area contributed by atoms with Crippen molar-refractivity contribution < 1.29 is 4.21 Å². The third-order valence-corrected chi connectivity index (χ3v) is 4.58. The Morgan fingerprint density at radius 1 is 1.47 bits per heavy atom. The predicted octanol–water partition coefficient (Wildman–Crippen LogP) is 2.34. The summed E-state index contributed by atoms with van der Waals surface area (Å²) in [6, 6.07) is 1.89. The summed E-state index contributed by atoms with van der Waals surface area (Å²) in [4.78, 5) is 5.02. The molecule has 1 aromatic heterocycles. The summed E-state index contributed by atoms with van der Waals surface area (Å²) in [6.45, 7) is 6.14. The van der Waals surface area contributed by atoms with Crippen LogP contribution in [0.15, 0.2) is 17.2 Å². The van der Waals surface area contributed by atoms with Crippen molar-refractivity contribution >= 4 is 9.73 Å². The number of rotatable bonds is 0. The van der Waals surface area contributed by atoms with Gasteiger partial charge in [-0.15, -0.1) is 0 Å². The molecular formula is C11H16N2OS. The summed E-state index contributed by atoms with van der Waals surface area (Å²) >= 11 is 0. The van der Waals surface area contributed by atoms with Gasteiger partial charge in [-0.1, -0.05) is 20.8 Å². The molecule has 0 amide bonds. The molecule has 0 aliphatic carbocycles. The van der Waals surface area contributed by atoms with Crippen molar-refractivity contribution in [3.8, 4) is 0 Å². The molecule has 0 fully saturated rings. The third kappa shape index (κ3) is 1.67. The Labute approximate surface area is 90.9 Å². The number of fused-ring (bicyclic) bond motifs is 1. The van der Waals surface area contributed by atoms with Gasteiger partial charge in [-0.05, 0) is 18.1 Å². The molecule has 2 heterocycles. The van der Waals surface area contributed by atoms with Crippen molar-refractivity contribution in [2.75, 3.05) is 5.75 Å². The van der Waals surface area contributed by atoms with Gasteiger partial charge < -0.3 is 0 Å². The van der Waals surface area contributed by atoms with Crippen molar-refractivity contribution in [3.63, 3.8) is 0 Å². The minimum atomic E-state index is -2.58. The Kier molecular flexibility index (Phi) is 2.15. The van der Waals surface area contributed by atoms with E-state index in [-0.39, 0.29) is 5.41 Å². The lowest BCUT2D eigenvalue weighted by Crippen LogP contribution is -2.17. The van der Waals surface area contributed by atoms with E-state index in [0.29, 0.717) is 10.6 Å². The van der Waals surface area contributed by atoms with Crippen LogP contribution in [0.3, 0.4) is 0 Å². The van der Waals surface area contributed by atoms with Gasteiger partial charge in [0.05, 0.1) is 20.3 Å². The van der Waals surface area contributed by atoms with Crippen LogP contribution in [0.4, 0.5) is 0 Å². The van der Waals surface area contributed by atoms with E-state index in [9.17, 15) is 4.21 Å². The Morgan fingerprint density at radius 2 is 2.13 bits per heavy atom. The first-order valence-corrected chi connectivity index (χ1v) is 6.80. The van der Waals surface area contributed by atoms with E-state index >= 15 is 0 Å². The van der Waals surface area contributed by atoms with E-state index in [2.05, 4.69) is 4.98 Å². The maximum atomic E-state index is 12.1. The number of nitrogens with zero attached hydrogens (tertiary/aromatic N) is 1. The predicted molar refractivity (Wildman–Crippen MR) is 60.6 cm³/mol. The van der Waals surface area contributed by atoms with Crippen molar-refractivity contribution in [2.24, 2.45) is 0 Å². The zero-order chi connectivity index (χ0) is 11.3. The molecule has 15 heavy (non-hydrogen) atoms. The topological polar surface area (TPSA) is 53.8 Å². The van der Waals surface area contributed by atoms with Crippen LogP contribution in [0.1, 0.15) is 32.0 Å². The molecule has 0 saturated carbocycles. The van der Waals surface area contributed by atoms with Gasteiger partial charge >= 0.3 is 0 Å². The molecule has 1 aliphatic rings. The lowest BCUT2D eigenvalue weighted by Gasteiger charge is -2.21. The van der Waals surface area contributed by atoms with Gasteiger partial charge in [0, 0.05) is 17.4 Å². The second-order valence-electron chi connectivity index (χ2n) is 5.03. The van der Waals surface area contributed by atoms with Gasteiger partial charge in [0.2, 0.25) is 0 Å². The van der Waals surface area contributed by atoms with Crippen molar-refractivity contribution in [1.29, 1.82) is 4.78 Å². The highest BCUT2D eigenvalue weighted by Gasteiger charge is 2.31. The first-order chi connectivity index (χ1) is 6.82. The third-order valence-electron chi connectivity index (χ3n) is 2.69. The molecule has 1 atom stereocenters. The van der Waals surface area contributed by atoms with E-state index in [1.807, 2.05) is 26.8 Å². The number of pyridine rings is 1. The standard InChI is InChI=1S/C11H16N2OS/c1-11(2,3)10-9-8(4-6-13-10)5-7-15(9,12)14/h4,6,12H,5,7H2,1-3H3/t15-/m1/s1. The molecule has 1 aliphatic heterocycles. The average Bonchev–Trinajstić information content (AvgIpc) is 2.41. The molecule has 4 heteroatoms. The fourth-order valence-electron chi connectivity index (χ4n) is 1.94. The molecule has 0 aromatic carbocycles. The molecule has 0 bridgehead atoms. The van der Waals surface area contributed by atoms with Crippen LogP contribution in [0, 0.1) is 4.78 Å². The molecule has 0 unspecified atom stereocenters. The maximum absolute atomic E-state index is 12.1. The first kappa shape index (κ1) is 10.6. The fourth-order valence-corrected chi connectivity index (χ4v) is 3.92. The highest BCUT2D eigenvalue weighted by Crippen LogP contribution is 2.34. The Bertz CT molecular complexity index is 498. The van der Waals surface area contributed by atoms with Gasteiger partial charge in [-0.2, -0.15) is 0 Å². The number of aryl methyl sites for hydroxylation is 1. The molecule has 1 aromatic rings. The van der Waals surface area contributed by atoms with Gasteiger partial charge in [-0.25, -0.2) is 8.99 Å². The maximum Gasteiger partial charge on any atom is 0.0750 e. The largest absolute Gasteiger partial charge is 0.259 e. The van der Waals surface area contributed by atoms with Gasteiger partial charge in [0.1, 0.15) is 0 Å². The molecule has 0 spiro atoms. The number of hydrogen-bond acceptors (Lipinski definition) is 3. The van der Waals surface area contributed by atoms with E-state index < -0.39 is 9.73 Å². The summed E-state index contributed by atoms with van der Waals surface area (Å²) in [5, 5.41) is 0. The smallest absolute Gasteiger partial charge is 0.0750 e. The van der Waals surface area contributed by atoms with E-state index in [1.54, 1.807) is 6.20 Å². The number of hydrogen-bond donors (Lipinski definition) is 1. The van der Waals surface area contributed by atoms with Crippen LogP contribution in [0.25, 0.3) is 0 Å². The van der Waals surface area contributed by atoms with Crippen LogP contribution in [0.5, 0.6) is 0 Å². The zero-order valence-corrected chi connectivity index (χ0v) is 10.1. The van der Waals surface area contributed by atoms with Crippen LogP contribution in [-0.4, -0.2) is 14.9 Å². The second-order valence-corrected chi connectivity index (χ2v) is 7.19. The van der Waals surface area contributed by atoms with Crippen LogP contribution >= 0.6 is 0 Å². The second kappa shape index (κ2) is 3.04. The van der Waals surface area contributed by atoms with Gasteiger partial charge in [0.25, 0.3) is 0 Å². The van der Waals surface area contributed by atoms with E-state index in [4.69, 9.17) is 4.78 Å². The lowest BCUT2D eigenvalue weighted by molar-refractivity contribution is 0.551. The molecule has 1 N–H and O–H groups in total. The minimum Gasteiger partial charge on any atom is -0.259 e. The quantitative estimate of drug-likeness (QED) is 0.735. The summed E-state index contributed by atoms with van der Waals surface area (Å²) in [7, 11) is -2.58. The van der Waals surface area contributed by atoms with Crippen molar-refractivity contribution in [3.05, 3.63) is 23.5 Å². The Hall–Kier alpha value is -0.900. The summed E-state index contributed by atoms with van der Waals surface area (Å²) in [6.07, 6.45) is 2.52. The van der Waals surface area contributed by atoms with Crippen LogP contribution in [-0.2, 0) is 21.6 Å². The summed E-state index contributed by atoms with van der Waals surface area (Å²) in [5.74, 6) is 0.455. The molecule has 3 nitrogen and oxygen atoms in total. The van der Waals surface area contributed by atoms with Crippen LogP contribution < -0.4 is 0 Å². The zero-order valence-electron chi connectivity index (χ0n) is 9.33. The molecule has 0 radical (unpaired) electrons. The van der Waals surface area contributed by atoms with E-state index in [0.717, 1.165) is 17.7 Å². The SMILES string of the molecule is CC(C)(C)c1nccc2c1[S@](=N)(=O)CC2. The molecule has 82 valence electrons. The highest BCUT2D eigenvalue weighted by molar-refractivity contribution is 7.92. The molecular weight excluding hydrogens is 208 g/mol. The number of nitrogens with one attached hydrogen (secondary N) is 1. The molecule has 0 saturated heterocycles. The minimum absolute atomic E-state index is 0.139. The molecule has 2 rings (SSSR count). The average molecular weight is 224 g/mol. The monoisotopic (exact) mass is 224 g/mol. The van der Waals surface area contributed by atoms with Crippen molar-refractivity contribution in [1.82, 2.24) is 4.98 Å². The Morgan fingerprint density at radius 3 is 2.73 bits per heavy atom. The summed E-state index contributed by atoms with van der Waals surface area (Å²) in [5.41, 5.74) is 1.74. The van der Waals surface area contributed by atoms with Gasteiger partial charge in [0.15, 0.2) is 0 Å². The summed E-state index contributed by atoms with van der Waals surface area (Å²) < 4.78 is 20.0. The fraction of sp³-hybridized carbons (Fsp3) is 0.545. The first-order valence-electron chi connectivity index (χ1n) is 5.07. The normalized spacial score (nSPS) is 25.3. The van der Waals surface area contributed by atoms with Crippen LogP contribution in [0.2, 0.25) is 0 Å². The van der Waals surface area contributed by atoms with E-state index in [1.165, 1.54) is 0 Å². The Balaban J connectivity index is 2.76.